The highest BCUT2D eigenvalue weighted by Gasteiger charge is 2.32. The molecule has 1 saturated heterocycles. The molecule has 3 rings (SSSR count). The Balaban J connectivity index is 1.70. The lowest BCUT2D eigenvalue weighted by Crippen LogP contribution is -2.49. The van der Waals surface area contributed by atoms with Crippen LogP contribution in [0, 0.1) is 10.1 Å². The van der Waals surface area contributed by atoms with Crippen LogP contribution < -0.4 is 9.62 Å². The van der Waals surface area contributed by atoms with Gasteiger partial charge >= 0.3 is 0 Å². The number of likely N-dealkylation sites (tertiary alicyclic amines) is 1. The van der Waals surface area contributed by atoms with Gasteiger partial charge < -0.3 is 5.32 Å². The molecule has 9 nitrogen and oxygen atoms in total. The number of anilines is 1. The zero-order chi connectivity index (χ0) is 24.0. The lowest BCUT2D eigenvalue weighted by atomic mass is 10.1. The van der Waals surface area contributed by atoms with Crippen LogP contribution >= 0.6 is 0 Å². The van der Waals surface area contributed by atoms with Gasteiger partial charge in [0.2, 0.25) is 15.9 Å². The molecule has 1 N–H and O–H groups in total. The summed E-state index contributed by atoms with van der Waals surface area (Å²) in [5.74, 6) is -0.462. The van der Waals surface area contributed by atoms with E-state index in [0.29, 0.717) is 0 Å². The maximum Gasteiger partial charge on any atom is 0.271 e. The van der Waals surface area contributed by atoms with E-state index in [-0.39, 0.29) is 24.3 Å². The first kappa shape index (κ1) is 24.7. The van der Waals surface area contributed by atoms with Crippen LogP contribution in [-0.2, 0) is 27.9 Å². The van der Waals surface area contributed by atoms with E-state index in [1.807, 2.05) is 24.3 Å². The van der Waals surface area contributed by atoms with Gasteiger partial charge in [0.1, 0.15) is 6.04 Å². The van der Waals surface area contributed by atoms with Gasteiger partial charge in [0, 0.05) is 25.2 Å². The topological polar surface area (TPSA) is 113 Å². The van der Waals surface area contributed by atoms with Crippen molar-refractivity contribution < 1.29 is 18.1 Å². The molecule has 33 heavy (non-hydrogen) atoms. The molecule has 2 aromatic carbocycles. The van der Waals surface area contributed by atoms with Gasteiger partial charge in [-0.25, -0.2) is 8.42 Å². The second kappa shape index (κ2) is 10.8. The van der Waals surface area contributed by atoms with Crippen molar-refractivity contribution in [1.29, 1.82) is 0 Å². The number of nitro groups is 1. The van der Waals surface area contributed by atoms with Crippen molar-refractivity contribution in [3.63, 3.8) is 0 Å². The molecule has 0 aromatic heterocycles. The summed E-state index contributed by atoms with van der Waals surface area (Å²) in [6, 6.07) is 12.3. The number of non-ortho nitro benzene ring substituents is 1. The Bertz CT molecular complexity index is 1080. The summed E-state index contributed by atoms with van der Waals surface area (Å²) in [4.78, 5) is 25.9. The molecule has 0 unspecified atom stereocenters. The van der Waals surface area contributed by atoms with Crippen molar-refractivity contribution in [2.45, 2.75) is 45.3 Å². The van der Waals surface area contributed by atoms with Crippen LogP contribution in [0.25, 0.3) is 0 Å². The molecule has 0 saturated carbocycles. The fraction of sp³-hybridized carbons (Fsp3) is 0.435. The quantitative estimate of drug-likeness (QED) is 0.418. The zero-order valence-corrected chi connectivity index (χ0v) is 19.8. The molecule has 1 amide bonds. The number of hydrogen-bond acceptors (Lipinski definition) is 6. The second-order valence-electron chi connectivity index (χ2n) is 8.28. The molecule has 10 heteroatoms. The Morgan fingerprint density at radius 3 is 2.36 bits per heavy atom. The summed E-state index contributed by atoms with van der Waals surface area (Å²) in [7, 11) is -3.87. The molecule has 1 atom stereocenters. The number of nitrogens with zero attached hydrogens (tertiary/aromatic N) is 3. The summed E-state index contributed by atoms with van der Waals surface area (Å²) in [6.45, 7) is 5.12. The van der Waals surface area contributed by atoms with E-state index in [2.05, 4.69) is 10.2 Å². The SMILES string of the molecule is CC[C@@H](C(=O)NCc1ccc(CN2CCCC2)cc1)N(c1cccc([N+](=O)[O-])c1)S(C)(=O)=O. The van der Waals surface area contributed by atoms with E-state index < -0.39 is 26.9 Å². The van der Waals surface area contributed by atoms with Gasteiger partial charge in [0.15, 0.2) is 0 Å². The normalized spacial score (nSPS) is 15.2. The van der Waals surface area contributed by atoms with Crippen molar-refractivity contribution in [2.75, 3.05) is 23.7 Å². The van der Waals surface area contributed by atoms with Crippen molar-refractivity contribution in [3.05, 3.63) is 69.8 Å². The van der Waals surface area contributed by atoms with Gasteiger partial charge in [-0.15, -0.1) is 0 Å². The Morgan fingerprint density at radius 2 is 1.79 bits per heavy atom. The van der Waals surface area contributed by atoms with Crippen LogP contribution in [0.15, 0.2) is 48.5 Å². The standard InChI is InChI=1S/C23H30N4O5S/c1-3-22(26(33(2,31)32)20-7-6-8-21(15-20)27(29)30)23(28)24-16-18-9-11-19(12-10-18)17-25-13-4-5-14-25/h6-12,15,22H,3-5,13-14,16-17H2,1-2H3,(H,24,28)/t22-/m0/s1. The van der Waals surface area contributed by atoms with E-state index >= 15 is 0 Å². The van der Waals surface area contributed by atoms with Gasteiger partial charge in [0.05, 0.1) is 16.9 Å². The Morgan fingerprint density at radius 1 is 1.15 bits per heavy atom. The third kappa shape index (κ3) is 6.52. The second-order valence-corrected chi connectivity index (χ2v) is 10.1. The lowest BCUT2D eigenvalue weighted by molar-refractivity contribution is -0.384. The molecule has 1 aliphatic heterocycles. The highest BCUT2D eigenvalue weighted by molar-refractivity contribution is 7.92. The van der Waals surface area contributed by atoms with Crippen molar-refractivity contribution in [2.24, 2.45) is 0 Å². The summed E-state index contributed by atoms with van der Waals surface area (Å²) in [5.41, 5.74) is 1.96. The molecule has 1 heterocycles. The van der Waals surface area contributed by atoms with Gasteiger partial charge in [-0.3, -0.25) is 24.1 Å². The first-order valence-electron chi connectivity index (χ1n) is 11.0. The largest absolute Gasteiger partial charge is 0.350 e. The number of carbonyl (C=O) groups excluding carboxylic acids is 1. The predicted molar refractivity (Wildman–Crippen MR) is 127 cm³/mol. The maximum absolute atomic E-state index is 13.0. The number of nitro benzene ring substituents is 1. The van der Waals surface area contributed by atoms with E-state index in [1.165, 1.54) is 36.6 Å². The Labute approximate surface area is 194 Å². The van der Waals surface area contributed by atoms with E-state index in [4.69, 9.17) is 0 Å². The summed E-state index contributed by atoms with van der Waals surface area (Å²) < 4.78 is 26.0. The number of amides is 1. The molecule has 0 bridgehead atoms. The predicted octanol–water partition coefficient (Wildman–Crippen LogP) is 3.05. The number of nitrogens with one attached hydrogen (secondary N) is 1. The summed E-state index contributed by atoms with van der Waals surface area (Å²) in [6.07, 6.45) is 3.67. The Hall–Kier alpha value is -2.98. The lowest BCUT2D eigenvalue weighted by Gasteiger charge is -2.30. The van der Waals surface area contributed by atoms with Gasteiger partial charge in [0.25, 0.3) is 5.69 Å². The van der Waals surface area contributed by atoms with Crippen LogP contribution in [0.1, 0.15) is 37.3 Å². The number of rotatable bonds is 10. The number of sulfonamides is 1. The molecule has 1 aliphatic rings. The highest BCUT2D eigenvalue weighted by atomic mass is 32.2. The molecular formula is C23H30N4O5S. The molecule has 0 radical (unpaired) electrons. The zero-order valence-electron chi connectivity index (χ0n) is 18.9. The number of hydrogen-bond donors (Lipinski definition) is 1. The fourth-order valence-corrected chi connectivity index (χ4v) is 5.28. The van der Waals surface area contributed by atoms with Gasteiger partial charge in [-0.1, -0.05) is 37.3 Å². The van der Waals surface area contributed by atoms with Crippen molar-refractivity contribution in [1.82, 2.24) is 10.2 Å². The first-order chi connectivity index (χ1) is 15.7. The highest BCUT2D eigenvalue weighted by Crippen LogP contribution is 2.26. The molecule has 1 fully saturated rings. The average molecular weight is 475 g/mol. The maximum atomic E-state index is 13.0. The van der Waals surface area contributed by atoms with Gasteiger partial charge in [-0.05, 0) is 49.5 Å². The van der Waals surface area contributed by atoms with Crippen LogP contribution in [0.3, 0.4) is 0 Å². The first-order valence-corrected chi connectivity index (χ1v) is 12.9. The minimum Gasteiger partial charge on any atom is -0.350 e. The number of carbonyl (C=O) groups is 1. The molecule has 0 aliphatic carbocycles. The average Bonchev–Trinajstić information content (AvgIpc) is 3.29. The van der Waals surface area contributed by atoms with E-state index in [1.54, 1.807) is 6.92 Å². The summed E-state index contributed by atoms with van der Waals surface area (Å²) >= 11 is 0. The summed E-state index contributed by atoms with van der Waals surface area (Å²) in [5, 5.41) is 13.9. The molecule has 2 aromatic rings. The third-order valence-electron chi connectivity index (χ3n) is 5.72. The molecule has 178 valence electrons. The monoisotopic (exact) mass is 474 g/mol. The van der Waals surface area contributed by atoms with Crippen molar-refractivity contribution >= 4 is 27.3 Å². The number of benzene rings is 2. The van der Waals surface area contributed by atoms with Crippen LogP contribution in [-0.4, -0.2) is 49.5 Å². The smallest absolute Gasteiger partial charge is 0.271 e. The Kier molecular flexibility index (Phi) is 8.04. The fourth-order valence-electron chi connectivity index (χ4n) is 4.07. The third-order valence-corrected chi connectivity index (χ3v) is 6.90. The van der Waals surface area contributed by atoms with Crippen molar-refractivity contribution in [3.8, 4) is 0 Å². The van der Waals surface area contributed by atoms with Gasteiger partial charge in [-0.2, -0.15) is 0 Å². The van der Waals surface area contributed by atoms with Crippen LogP contribution in [0.5, 0.6) is 0 Å². The van der Waals surface area contributed by atoms with Crippen LogP contribution in [0.4, 0.5) is 11.4 Å². The van der Waals surface area contributed by atoms with Crippen LogP contribution in [0.2, 0.25) is 0 Å². The van der Waals surface area contributed by atoms with E-state index in [0.717, 1.165) is 41.8 Å². The molecule has 0 spiro atoms. The minimum absolute atomic E-state index is 0.0833. The molecular weight excluding hydrogens is 444 g/mol. The minimum atomic E-state index is -3.87. The van der Waals surface area contributed by atoms with E-state index in [9.17, 15) is 23.3 Å².